The number of nitrogens with two attached hydrogens (primary N) is 2. The number of urea groups is 1. The van der Waals surface area contributed by atoms with Crippen LogP contribution in [0.5, 0.6) is 0 Å². The minimum absolute atomic E-state index is 0.0589. The first-order valence-corrected chi connectivity index (χ1v) is 9.71. The average Bonchev–Trinajstić information content (AvgIpc) is 3.05. The highest BCUT2D eigenvalue weighted by Gasteiger charge is 2.31. The number of primary amides is 1. The molecule has 1 rings (SSSR count). The molecule has 0 radical (unpaired) electrons. The molecule has 0 spiro atoms. The first-order chi connectivity index (χ1) is 12.6. The lowest BCUT2D eigenvalue weighted by molar-refractivity contribution is -0.130. The number of amides is 5. The van der Waals surface area contributed by atoms with Gasteiger partial charge in [0.1, 0.15) is 6.04 Å². The van der Waals surface area contributed by atoms with E-state index in [1.54, 1.807) is 5.41 Å². The lowest BCUT2D eigenvalue weighted by atomic mass is 9.97. The third-order valence-corrected chi connectivity index (χ3v) is 5.35. The zero-order valence-corrected chi connectivity index (χ0v) is 17.0. The summed E-state index contributed by atoms with van der Waals surface area (Å²) in [5.74, 6) is -1.78. The van der Waals surface area contributed by atoms with E-state index in [0.717, 1.165) is 11.9 Å². The molecule has 152 valence electrons. The monoisotopic (exact) mass is 399 g/mol. The third-order valence-electron chi connectivity index (χ3n) is 4.37. The van der Waals surface area contributed by atoms with Gasteiger partial charge in [0.05, 0.1) is 12.6 Å². The highest BCUT2D eigenvalue weighted by Crippen LogP contribution is 2.25. The fraction of sp³-hybridized carbons (Fsp3) is 0.647. The van der Waals surface area contributed by atoms with Crippen molar-refractivity contribution in [3.8, 4) is 0 Å². The molecule has 0 saturated carbocycles. The van der Waals surface area contributed by atoms with Gasteiger partial charge in [0.25, 0.3) is 5.91 Å². The van der Waals surface area contributed by atoms with Gasteiger partial charge in [-0.2, -0.15) is 0 Å². The lowest BCUT2D eigenvalue weighted by Crippen LogP contribution is -2.56. The van der Waals surface area contributed by atoms with E-state index in [4.69, 9.17) is 11.5 Å². The summed E-state index contributed by atoms with van der Waals surface area (Å²) in [4.78, 5) is 48.1. The number of rotatable bonds is 8. The summed E-state index contributed by atoms with van der Waals surface area (Å²) in [5.41, 5.74) is 11.7. The maximum atomic E-state index is 12.6. The van der Waals surface area contributed by atoms with Crippen molar-refractivity contribution in [3.05, 3.63) is 11.0 Å². The molecule has 0 fully saturated rings. The predicted molar refractivity (Wildman–Crippen MR) is 104 cm³/mol. The summed E-state index contributed by atoms with van der Waals surface area (Å²) in [5, 5.41) is 6.62. The number of carbonyl (C=O) groups excluding carboxylic acids is 4. The molecule has 0 aromatic carbocycles. The van der Waals surface area contributed by atoms with Crippen LogP contribution in [0.3, 0.4) is 0 Å². The Bertz CT molecular complexity index is 622. The van der Waals surface area contributed by atoms with Crippen molar-refractivity contribution in [2.45, 2.75) is 52.6 Å². The molecule has 0 bridgehead atoms. The van der Waals surface area contributed by atoms with Gasteiger partial charge in [0, 0.05) is 6.42 Å². The van der Waals surface area contributed by atoms with Crippen LogP contribution in [-0.4, -0.2) is 46.7 Å². The summed E-state index contributed by atoms with van der Waals surface area (Å²) in [6, 6.07) is -2.23. The van der Waals surface area contributed by atoms with Crippen molar-refractivity contribution in [3.63, 3.8) is 0 Å². The van der Waals surface area contributed by atoms with Gasteiger partial charge in [-0.1, -0.05) is 34.1 Å². The quantitative estimate of drug-likeness (QED) is 0.436. The van der Waals surface area contributed by atoms with E-state index >= 15 is 0 Å². The average molecular weight is 400 g/mol. The fourth-order valence-electron chi connectivity index (χ4n) is 2.34. The van der Waals surface area contributed by atoms with Crippen molar-refractivity contribution in [2.75, 3.05) is 6.54 Å². The van der Waals surface area contributed by atoms with E-state index in [9.17, 15) is 19.2 Å². The lowest BCUT2D eigenvalue weighted by Gasteiger charge is -2.26. The van der Waals surface area contributed by atoms with E-state index in [2.05, 4.69) is 10.6 Å². The van der Waals surface area contributed by atoms with Crippen molar-refractivity contribution >= 4 is 35.7 Å². The molecule has 1 aliphatic rings. The Hall–Kier alpha value is -2.07. The van der Waals surface area contributed by atoms with Crippen LogP contribution < -0.4 is 22.1 Å². The number of hydrogen-bond donors (Lipinski definition) is 4. The summed E-state index contributed by atoms with van der Waals surface area (Å²) in [6.45, 7) is 7.52. The zero-order chi connectivity index (χ0) is 20.7. The number of nitrogens with one attached hydrogen (secondary N) is 2. The van der Waals surface area contributed by atoms with Crippen LogP contribution in [0.2, 0.25) is 0 Å². The number of carbonyl (C=O) groups is 4. The Morgan fingerprint density at radius 2 is 1.85 bits per heavy atom. The van der Waals surface area contributed by atoms with Gasteiger partial charge < -0.3 is 16.8 Å². The number of nitrogens with zero attached hydrogens (tertiary/aromatic N) is 1. The molecule has 1 heterocycles. The Morgan fingerprint density at radius 3 is 2.37 bits per heavy atom. The maximum Gasteiger partial charge on any atom is 0.334 e. The molecule has 5 amide bonds. The number of hydrogen-bond acceptors (Lipinski definition) is 6. The molecule has 0 aliphatic carbocycles. The minimum atomic E-state index is -0.873. The molecule has 10 heteroatoms. The first kappa shape index (κ1) is 23.0. The Kier molecular flexibility index (Phi) is 8.77. The Labute approximate surface area is 163 Å². The van der Waals surface area contributed by atoms with Gasteiger partial charge in [-0.25, -0.2) is 4.79 Å². The topological polar surface area (TPSA) is 148 Å². The van der Waals surface area contributed by atoms with E-state index in [1.165, 1.54) is 4.31 Å². The van der Waals surface area contributed by atoms with Gasteiger partial charge in [0.2, 0.25) is 11.8 Å². The van der Waals surface area contributed by atoms with Gasteiger partial charge in [-0.3, -0.25) is 24.0 Å². The summed E-state index contributed by atoms with van der Waals surface area (Å²) in [7, 11) is 0. The van der Waals surface area contributed by atoms with E-state index in [0.29, 0.717) is 12.0 Å². The van der Waals surface area contributed by atoms with Crippen LogP contribution in [0.1, 0.15) is 40.5 Å². The second-order valence-corrected chi connectivity index (χ2v) is 7.88. The fourth-order valence-corrected chi connectivity index (χ4v) is 3.15. The maximum absolute atomic E-state index is 12.6. The molecule has 0 aromatic heterocycles. The SMILES string of the molecule is CC[C@H](C)[C@H](NC(=O)[C@@H](N)C(C)C)C(=O)NC(=O)N1CC(CC(N)=O)=CS1. The summed E-state index contributed by atoms with van der Waals surface area (Å²) < 4.78 is 1.31. The molecule has 6 N–H and O–H groups in total. The zero-order valence-electron chi connectivity index (χ0n) is 16.2. The first-order valence-electron chi connectivity index (χ1n) is 8.88. The second kappa shape index (κ2) is 10.3. The van der Waals surface area contributed by atoms with Crippen LogP contribution in [0.25, 0.3) is 0 Å². The van der Waals surface area contributed by atoms with Crippen LogP contribution >= 0.6 is 11.9 Å². The van der Waals surface area contributed by atoms with Crippen LogP contribution in [0.15, 0.2) is 11.0 Å². The summed E-state index contributed by atoms with van der Waals surface area (Å²) in [6.07, 6.45) is 0.690. The van der Waals surface area contributed by atoms with Crippen molar-refractivity contribution in [1.82, 2.24) is 14.9 Å². The predicted octanol–water partition coefficient (Wildman–Crippen LogP) is 0.460. The van der Waals surface area contributed by atoms with E-state index < -0.39 is 35.8 Å². The van der Waals surface area contributed by atoms with Gasteiger partial charge in [0.15, 0.2) is 0 Å². The van der Waals surface area contributed by atoms with E-state index in [1.807, 2.05) is 27.7 Å². The molecule has 0 unspecified atom stereocenters. The second-order valence-electron chi connectivity index (χ2n) is 7.00. The van der Waals surface area contributed by atoms with Crippen molar-refractivity contribution < 1.29 is 19.2 Å². The van der Waals surface area contributed by atoms with Crippen LogP contribution in [0, 0.1) is 11.8 Å². The van der Waals surface area contributed by atoms with Crippen molar-refractivity contribution in [2.24, 2.45) is 23.3 Å². The minimum Gasteiger partial charge on any atom is -0.369 e. The third kappa shape index (κ3) is 6.87. The van der Waals surface area contributed by atoms with Gasteiger partial charge in [-0.15, -0.1) is 0 Å². The van der Waals surface area contributed by atoms with Gasteiger partial charge >= 0.3 is 6.03 Å². The largest absolute Gasteiger partial charge is 0.369 e. The molecular weight excluding hydrogens is 370 g/mol. The molecule has 9 nitrogen and oxygen atoms in total. The molecule has 0 saturated heterocycles. The van der Waals surface area contributed by atoms with E-state index in [-0.39, 0.29) is 24.8 Å². The highest BCUT2D eigenvalue weighted by molar-refractivity contribution is 8.00. The molecule has 27 heavy (non-hydrogen) atoms. The Morgan fingerprint density at radius 1 is 1.22 bits per heavy atom. The normalized spacial score (nSPS) is 17.1. The highest BCUT2D eigenvalue weighted by atomic mass is 32.2. The standard InChI is InChI=1S/C17H29N5O4S/c1-5-10(4)14(20-15(24)13(19)9(2)3)16(25)21-17(26)22-7-11(8-27-22)6-12(18)23/h8-10,13-14H,5-7,19H2,1-4H3,(H2,18,23)(H,20,24)(H,21,25,26)/t10-,13-,14-/m0/s1. The molecular formula is C17H29N5O4S. The van der Waals surface area contributed by atoms with Crippen LogP contribution in [0.4, 0.5) is 4.79 Å². The molecule has 1 aliphatic heterocycles. The van der Waals surface area contributed by atoms with Crippen molar-refractivity contribution in [1.29, 1.82) is 0 Å². The van der Waals surface area contributed by atoms with Crippen LogP contribution in [-0.2, 0) is 14.4 Å². The smallest absolute Gasteiger partial charge is 0.334 e. The molecule has 0 aromatic rings. The molecule has 3 atom stereocenters. The summed E-state index contributed by atoms with van der Waals surface area (Å²) >= 11 is 1.08. The number of imide groups is 1. The Balaban J connectivity index is 2.70. The van der Waals surface area contributed by atoms with Gasteiger partial charge in [-0.05, 0) is 34.8 Å².